The van der Waals surface area contributed by atoms with Crippen molar-refractivity contribution in [1.29, 1.82) is 0 Å². The van der Waals surface area contributed by atoms with Crippen molar-refractivity contribution in [3.63, 3.8) is 0 Å². The van der Waals surface area contributed by atoms with Gasteiger partial charge in [-0.1, -0.05) is 32.7 Å². The van der Waals surface area contributed by atoms with Gasteiger partial charge in [-0.2, -0.15) is 0 Å². The zero-order valence-corrected chi connectivity index (χ0v) is 11.7. The first kappa shape index (κ1) is 12.2. The Balaban J connectivity index is 2.23. The zero-order chi connectivity index (χ0) is 11.7. The number of halogens is 3. The molecule has 16 heavy (non-hydrogen) atoms. The zero-order valence-electron chi connectivity index (χ0n) is 8.58. The molecule has 0 radical (unpaired) electrons. The third kappa shape index (κ3) is 2.53. The van der Waals surface area contributed by atoms with Crippen molar-refractivity contribution in [2.45, 2.75) is 24.8 Å². The molecule has 0 amide bonds. The van der Waals surface area contributed by atoms with Crippen molar-refractivity contribution < 1.29 is 4.84 Å². The molecule has 0 N–H and O–H groups in total. The van der Waals surface area contributed by atoms with E-state index in [1.165, 1.54) is 0 Å². The van der Waals surface area contributed by atoms with Crippen molar-refractivity contribution in [2.75, 3.05) is 0 Å². The molecule has 0 saturated heterocycles. The summed E-state index contributed by atoms with van der Waals surface area (Å²) in [7, 11) is 0. The Morgan fingerprint density at radius 3 is 2.94 bits per heavy atom. The van der Waals surface area contributed by atoms with E-state index in [1.54, 1.807) is 0 Å². The Morgan fingerprint density at radius 1 is 1.56 bits per heavy atom. The third-order valence-electron chi connectivity index (χ3n) is 2.44. The summed E-state index contributed by atoms with van der Waals surface area (Å²) in [5.74, 6) is 0. The predicted molar refractivity (Wildman–Crippen MR) is 70.5 cm³/mol. The number of rotatable bonds is 2. The molecular weight excluding hydrogens is 313 g/mol. The van der Waals surface area contributed by atoms with Crippen LogP contribution in [0.1, 0.15) is 18.9 Å². The van der Waals surface area contributed by atoms with Gasteiger partial charge in [0.1, 0.15) is 6.10 Å². The van der Waals surface area contributed by atoms with Crippen LogP contribution in [0, 0.1) is 0 Å². The number of hydrogen-bond donors (Lipinski definition) is 0. The van der Waals surface area contributed by atoms with Crippen molar-refractivity contribution in [3.05, 3.63) is 33.3 Å². The minimum absolute atomic E-state index is 0.0628. The average molecular weight is 323 g/mol. The molecule has 1 aromatic rings. The molecule has 0 aromatic heterocycles. The van der Waals surface area contributed by atoms with E-state index in [0.29, 0.717) is 11.4 Å². The van der Waals surface area contributed by atoms with Crippen LogP contribution in [0.15, 0.2) is 27.8 Å². The van der Waals surface area contributed by atoms with E-state index >= 15 is 0 Å². The highest BCUT2D eigenvalue weighted by molar-refractivity contribution is 9.10. The molecule has 2 atom stereocenters. The third-order valence-corrected chi connectivity index (χ3v) is 3.55. The highest BCUT2D eigenvalue weighted by Gasteiger charge is 2.27. The minimum Gasteiger partial charge on any atom is -0.390 e. The monoisotopic (exact) mass is 321 g/mol. The van der Waals surface area contributed by atoms with Crippen LogP contribution in [-0.2, 0) is 4.84 Å². The lowest BCUT2D eigenvalue weighted by atomic mass is 10.0. The largest absolute Gasteiger partial charge is 0.390 e. The van der Waals surface area contributed by atoms with Gasteiger partial charge in [-0.25, -0.2) is 0 Å². The Kier molecular flexibility index (Phi) is 3.77. The summed E-state index contributed by atoms with van der Waals surface area (Å²) in [6.45, 7) is 1.90. The number of hydrogen-bond acceptors (Lipinski definition) is 2. The lowest BCUT2D eigenvalue weighted by Gasteiger charge is -2.09. The molecule has 86 valence electrons. The summed E-state index contributed by atoms with van der Waals surface area (Å²) in [6.07, 6.45) is 0.632. The fourth-order valence-corrected chi connectivity index (χ4v) is 2.24. The van der Waals surface area contributed by atoms with E-state index in [1.807, 2.05) is 25.1 Å². The summed E-state index contributed by atoms with van der Waals surface area (Å²) < 4.78 is 0.969. The van der Waals surface area contributed by atoms with Crippen LogP contribution >= 0.6 is 39.1 Å². The second-order valence-corrected chi connectivity index (χ2v) is 5.70. The van der Waals surface area contributed by atoms with Crippen LogP contribution in [0.3, 0.4) is 0 Å². The minimum atomic E-state index is -0.0632. The molecule has 1 heterocycles. The molecule has 2 nitrogen and oxygen atoms in total. The molecule has 5 heteroatoms. The maximum absolute atomic E-state index is 6.11. The maximum atomic E-state index is 6.11. The van der Waals surface area contributed by atoms with Gasteiger partial charge in [-0.3, -0.25) is 0 Å². The van der Waals surface area contributed by atoms with Crippen LogP contribution in [0.25, 0.3) is 0 Å². The molecule has 0 saturated carbocycles. The molecule has 0 aliphatic carbocycles. The summed E-state index contributed by atoms with van der Waals surface area (Å²) in [4.78, 5) is 5.26. The summed E-state index contributed by atoms with van der Waals surface area (Å²) in [5, 5.41) is 4.65. The quantitative estimate of drug-likeness (QED) is 0.747. The predicted octanol–water partition coefficient (Wildman–Crippen LogP) is 4.22. The summed E-state index contributed by atoms with van der Waals surface area (Å²) in [6, 6.07) is 5.66. The molecule has 1 aromatic carbocycles. The summed E-state index contributed by atoms with van der Waals surface area (Å²) >= 11 is 15.5. The second kappa shape index (κ2) is 4.94. The smallest absolute Gasteiger partial charge is 0.149 e. The van der Waals surface area contributed by atoms with E-state index in [0.717, 1.165) is 15.7 Å². The van der Waals surface area contributed by atoms with E-state index in [9.17, 15) is 0 Å². The Morgan fingerprint density at radius 2 is 2.31 bits per heavy atom. The topological polar surface area (TPSA) is 21.6 Å². The molecule has 1 aliphatic rings. The first-order valence-corrected chi connectivity index (χ1v) is 6.51. The average Bonchev–Trinajstić information content (AvgIpc) is 2.70. The molecule has 0 fully saturated rings. The number of benzene rings is 1. The van der Waals surface area contributed by atoms with Crippen molar-refractivity contribution >= 4 is 44.8 Å². The van der Waals surface area contributed by atoms with Gasteiger partial charge in [0.25, 0.3) is 0 Å². The Hall–Kier alpha value is -0.250. The summed E-state index contributed by atoms with van der Waals surface area (Å²) in [5.41, 5.74) is 1.75. The van der Waals surface area contributed by atoms with Gasteiger partial charge in [0.15, 0.2) is 0 Å². The van der Waals surface area contributed by atoms with Gasteiger partial charge in [-0.05, 0) is 25.1 Å². The van der Waals surface area contributed by atoms with Crippen molar-refractivity contribution in [2.24, 2.45) is 5.16 Å². The number of nitrogens with zero attached hydrogens (tertiary/aromatic N) is 1. The van der Waals surface area contributed by atoms with E-state index in [-0.39, 0.29) is 11.5 Å². The van der Waals surface area contributed by atoms with Crippen molar-refractivity contribution in [1.82, 2.24) is 0 Å². The normalized spacial score (nSPS) is 21.5. The van der Waals surface area contributed by atoms with E-state index in [4.69, 9.17) is 28.0 Å². The molecule has 2 rings (SSSR count). The lowest BCUT2D eigenvalue weighted by Crippen LogP contribution is -2.18. The molecule has 0 bridgehead atoms. The van der Waals surface area contributed by atoms with Gasteiger partial charge in [0, 0.05) is 21.5 Å². The maximum Gasteiger partial charge on any atom is 0.149 e. The number of oxime groups is 1. The van der Waals surface area contributed by atoms with Crippen molar-refractivity contribution in [3.8, 4) is 0 Å². The Bertz CT molecular complexity index is 434. The standard InChI is InChI=1S/C11H10BrCl2NO/c1-6(13)11-5-10(15-16-11)8-4-7(12)2-3-9(8)14/h2-4,6,11H,5H2,1H3. The lowest BCUT2D eigenvalue weighted by molar-refractivity contribution is 0.0855. The molecule has 0 spiro atoms. The van der Waals surface area contributed by atoms with Gasteiger partial charge < -0.3 is 4.84 Å². The molecule has 2 unspecified atom stereocenters. The molecule has 1 aliphatic heterocycles. The fraction of sp³-hybridized carbons (Fsp3) is 0.364. The van der Waals surface area contributed by atoms with Gasteiger partial charge in [-0.15, -0.1) is 11.6 Å². The second-order valence-electron chi connectivity index (χ2n) is 3.69. The van der Waals surface area contributed by atoms with Crippen LogP contribution in [-0.4, -0.2) is 17.2 Å². The van der Waals surface area contributed by atoms with Gasteiger partial charge in [0.2, 0.25) is 0 Å². The highest BCUT2D eigenvalue weighted by Crippen LogP contribution is 2.27. The van der Waals surface area contributed by atoms with Gasteiger partial charge >= 0.3 is 0 Å². The van der Waals surface area contributed by atoms with Crippen LogP contribution in [0.5, 0.6) is 0 Å². The SMILES string of the molecule is CC(Cl)C1CC(c2cc(Br)ccc2Cl)=NO1. The van der Waals surface area contributed by atoms with Crippen LogP contribution < -0.4 is 0 Å². The van der Waals surface area contributed by atoms with Crippen LogP contribution in [0.2, 0.25) is 5.02 Å². The highest BCUT2D eigenvalue weighted by atomic mass is 79.9. The number of alkyl halides is 1. The first-order valence-electron chi connectivity index (χ1n) is 4.90. The van der Waals surface area contributed by atoms with E-state index in [2.05, 4.69) is 21.1 Å². The van der Waals surface area contributed by atoms with Gasteiger partial charge in [0.05, 0.1) is 11.1 Å². The molecular formula is C11H10BrCl2NO. The first-order chi connectivity index (χ1) is 7.58. The van der Waals surface area contributed by atoms with Crippen LogP contribution in [0.4, 0.5) is 0 Å². The van der Waals surface area contributed by atoms with E-state index < -0.39 is 0 Å². The fourth-order valence-electron chi connectivity index (χ4n) is 1.52. The Labute approximate surface area is 113 Å².